The summed E-state index contributed by atoms with van der Waals surface area (Å²) in [7, 11) is 0. The third-order valence-corrected chi connectivity index (χ3v) is 0.802. The third kappa shape index (κ3) is 8.66. The first-order valence-electron chi connectivity index (χ1n) is 1.84. The van der Waals surface area contributed by atoms with Crippen LogP contribution in [0.2, 0.25) is 0 Å². The largest absolute Gasteiger partial charge is 0.393 e. The maximum Gasteiger partial charge on any atom is 0.393 e. The molecule has 0 aliphatic carbocycles. The molecule has 0 bridgehead atoms. The van der Waals surface area contributed by atoms with E-state index in [1.807, 2.05) is 0 Å². The summed E-state index contributed by atoms with van der Waals surface area (Å²) in [4.78, 5) is 0. The Morgan fingerprint density at radius 1 is 1.00 bits per heavy atom. The molecule has 0 unspecified atom stereocenters. The van der Waals surface area contributed by atoms with E-state index in [9.17, 15) is 13.2 Å². The summed E-state index contributed by atoms with van der Waals surface area (Å²) in [6.07, 6.45) is -5.82. The van der Waals surface area contributed by atoms with Crippen LogP contribution in [0.1, 0.15) is 6.42 Å². The fourth-order valence-electron chi connectivity index (χ4n) is 0.227. The first-order chi connectivity index (χ1) is 3.71. The fourth-order valence-corrected chi connectivity index (χ4v) is 0.682. The fraction of sp³-hybridized carbons (Fsp3) is 1.00. The molecule has 0 radical (unpaired) electrons. The average molecular weight is 201 g/mol. The van der Waals surface area contributed by atoms with Crippen molar-refractivity contribution in [3.8, 4) is 0 Å². The van der Waals surface area contributed by atoms with Crippen molar-refractivity contribution in [2.45, 2.75) is 16.4 Å². The van der Waals surface area contributed by atoms with Crippen molar-refractivity contribution in [3.05, 3.63) is 0 Å². The van der Waals surface area contributed by atoms with Crippen molar-refractivity contribution < 1.29 is 13.2 Å². The van der Waals surface area contributed by atoms with Gasteiger partial charge in [0.2, 0.25) is 0 Å². The van der Waals surface area contributed by atoms with Crippen LogP contribution in [0.25, 0.3) is 0 Å². The zero-order chi connectivity index (χ0) is 7.71. The Kier molecular flexibility index (Phi) is 2.92. The molecule has 0 aromatic heterocycles. The Morgan fingerprint density at radius 3 is 1.33 bits per heavy atom. The van der Waals surface area contributed by atoms with Crippen LogP contribution in [-0.2, 0) is 0 Å². The van der Waals surface area contributed by atoms with E-state index < -0.39 is 16.4 Å². The minimum atomic E-state index is -4.41. The summed E-state index contributed by atoms with van der Waals surface area (Å²) in [6.45, 7) is 0. The molecule has 0 amide bonds. The summed E-state index contributed by atoms with van der Waals surface area (Å²) in [5.41, 5.74) is 0. The van der Waals surface area contributed by atoms with Gasteiger partial charge in [-0.2, -0.15) is 13.2 Å². The van der Waals surface area contributed by atoms with Crippen LogP contribution in [0.5, 0.6) is 0 Å². The van der Waals surface area contributed by atoms with Gasteiger partial charge in [-0.15, -0.1) is 0 Å². The highest BCUT2D eigenvalue weighted by Crippen LogP contribution is 2.38. The van der Waals surface area contributed by atoms with Crippen molar-refractivity contribution in [2.24, 2.45) is 0 Å². The number of hydrogen-bond donors (Lipinski definition) is 0. The minimum absolute atomic E-state index is 1.41. The number of alkyl halides is 6. The monoisotopic (exact) mass is 200 g/mol. The summed E-state index contributed by atoms with van der Waals surface area (Å²) in [5, 5.41) is 0. The van der Waals surface area contributed by atoms with Gasteiger partial charge in [-0.05, 0) is 0 Å². The molecule has 0 aromatic rings. The molecule has 0 atom stereocenters. The van der Waals surface area contributed by atoms with Gasteiger partial charge in [0, 0.05) is 0 Å². The van der Waals surface area contributed by atoms with Gasteiger partial charge in [0.25, 0.3) is 0 Å². The van der Waals surface area contributed by atoms with Gasteiger partial charge >= 0.3 is 6.18 Å². The topological polar surface area (TPSA) is 0 Å². The van der Waals surface area contributed by atoms with E-state index in [0.717, 1.165) is 0 Å². The van der Waals surface area contributed by atoms with Crippen molar-refractivity contribution in [1.82, 2.24) is 0 Å². The van der Waals surface area contributed by atoms with Crippen LogP contribution in [-0.4, -0.2) is 9.97 Å². The van der Waals surface area contributed by atoms with E-state index in [-0.39, 0.29) is 0 Å². The summed E-state index contributed by atoms with van der Waals surface area (Å²) >= 11 is 14.5. The summed E-state index contributed by atoms with van der Waals surface area (Å²) in [5.74, 6) is 0. The maximum atomic E-state index is 11.3. The molecule has 0 heterocycles. The van der Waals surface area contributed by atoms with Gasteiger partial charge in [0.05, 0.1) is 6.42 Å². The molecule has 0 aromatic carbocycles. The summed E-state index contributed by atoms with van der Waals surface area (Å²) < 4.78 is 31.7. The zero-order valence-electron chi connectivity index (χ0n) is 3.97. The van der Waals surface area contributed by atoms with Crippen LogP contribution in [0.15, 0.2) is 0 Å². The molecule has 9 heavy (non-hydrogen) atoms. The first-order valence-corrected chi connectivity index (χ1v) is 2.97. The zero-order valence-corrected chi connectivity index (χ0v) is 6.24. The quantitative estimate of drug-likeness (QED) is 0.528. The normalized spacial score (nSPS) is 14.0. The predicted octanol–water partition coefficient (Wildman–Crippen LogP) is 3.31. The van der Waals surface area contributed by atoms with Crippen molar-refractivity contribution in [2.75, 3.05) is 0 Å². The van der Waals surface area contributed by atoms with Gasteiger partial charge in [0.15, 0.2) is 3.79 Å². The molecular formula is C3H2Cl3F3. The van der Waals surface area contributed by atoms with E-state index in [0.29, 0.717) is 0 Å². The van der Waals surface area contributed by atoms with E-state index in [4.69, 9.17) is 34.8 Å². The molecule has 0 rings (SSSR count). The maximum absolute atomic E-state index is 11.3. The molecule has 0 aliphatic heterocycles. The lowest BCUT2D eigenvalue weighted by molar-refractivity contribution is -0.133. The van der Waals surface area contributed by atoms with Crippen LogP contribution < -0.4 is 0 Å². The Morgan fingerprint density at radius 2 is 1.33 bits per heavy atom. The molecule has 56 valence electrons. The first kappa shape index (κ1) is 9.66. The highest BCUT2D eigenvalue weighted by Gasteiger charge is 2.38. The smallest absolute Gasteiger partial charge is 0.171 e. The third-order valence-electron chi connectivity index (χ3n) is 0.401. The Balaban J connectivity index is 3.75. The SMILES string of the molecule is FC(F)(F)CC(Cl)(Cl)Cl. The molecule has 0 fully saturated rings. The standard InChI is InChI=1S/C3H2Cl3F3/c4-2(5,6)1-3(7,8)9/h1H2. The lowest BCUT2D eigenvalue weighted by Gasteiger charge is -2.12. The lowest BCUT2D eigenvalue weighted by atomic mass is 10.5. The molecule has 6 heteroatoms. The van der Waals surface area contributed by atoms with Crippen LogP contribution >= 0.6 is 34.8 Å². The molecule has 0 saturated carbocycles. The molecule has 0 spiro atoms. The Labute approximate surface area is 64.9 Å². The van der Waals surface area contributed by atoms with Crippen LogP contribution in [0, 0.1) is 0 Å². The highest BCUT2D eigenvalue weighted by atomic mass is 35.6. The second kappa shape index (κ2) is 2.72. The van der Waals surface area contributed by atoms with Crippen LogP contribution in [0.3, 0.4) is 0 Å². The van der Waals surface area contributed by atoms with Crippen molar-refractivity contribution in [1.29, 1.82) is 0 Å². The van der Waals surface area contributed by atoms with Crippen LogP contribution in [0.4, 0.5) is 13.2 Å². The second-order valence-corrected chi connectivity index (χ2v) is 3.92. The molecule has 0 saturated heterocycles. The van der Waals surface area contributed by atoms with Gasteiger partial charge in [0.1, 0.15) is 0 Å². The average Bonchev–Trinajstić information content (AvgIpc) is 1.14. The summed E-state index contributed by atoms with van der Waals surface area (Å²) in [6, 6.07) is 0. The number of hydrogen-bond acceptors (Lipinski definition) is 0. The van der Waals surface area contributed by atoms with Crippen molar-refractivity contribution in [3.63, 3.8) is 0 Å². The van der Waals surface area contributed by atoms with Gasteiger partial charge in [-0.1, -0.05) is 34.8 Å². The molecular weight excluding hydrogens is 199 g/mol. The Bertz CT molecular complexity index is 79.5. The lowest BCUT2D eigenvalue weighted by Crippen LogP contribution is -2.17. The van der Waals surface area contributed by atoms with E-state index in [1.165, 1.54) is 0 Å². The van der Waals surface area contributed by atoms with Gasteiger partial charge in [-0.3, -0.25) is 0 Å². The molecule has 0 aliphatic rings. The predicted molar refractivity (Wildman–Crippen MR) is 31.0 cm³/mol. The number of halogens is 6. The highest BCUT2D eigenvalue weighted by molar-refractivity contribution is 6.67. The van der Waals surface area contributed by atoms with E-state index in [2.05, 4.69) is 0 Å². The minimum Gasteiger partial charge on any atom is -0.171 e. The van der Waals surface area contributed by atoms with E-state index >= 15 is 0 Å². The molecule has 0 N–H and O–H groups in total. The Hall–Kier alpha value is 0.660. The van der Waals surface area contributed by atoms with Gasteiger partial charge < -0.3 is 0 Å². The number of rotatable bonds is 0. The second-order valence-electron chi connectivity index (χ2n) is 1.41. The van der Waals surface area contributed by atoms with E-state index in [1.54, 1.807) is 0 Å². The van der Waals surface area contributed by atoms with Gasteiger partial charge in [-0.25, -0.2) is 0 Å². The molecule has 0 nitrogen and oxygen atoms in total. The van der Waals surface area contributed by atoms with Crippen molar-refractivity contribution >= 4 is 34.8 Å².